The minimum absolute atomic E-state index is 0.143. The van der Waals surface area contributed by atoms with Crippen LogP contribution in [0.3, 0.4) is 0 Å². The Morgan fingerprint density at radius 2 is 2.24 bits per heavy atom. The number of nitrogens with zero attached hydrogens (tertiary/aromatic N) is 1. The first-order valence-electron chi connectivity index (χ1n) is 7.14. The molecule has 1 rings (SSSR count). The Labute approximate surface area is 126 Å². The largest absolute Gasteiger partial charge is 0.504 e. The summed E-state index contributed by atoms with van der Waals surface area (Å²) < 4.78 is 10.3. The summed E-state index contributed by atoms with van der Waals surface area (Å²) in [5.41, 5.74) is 6.82. The Bertz CT molecular complexity index is 450. The Balaban J connectivity index is 2.27. The van der Waals surface area contributed by atoms with Crippen LogP contribution in [-0.2, 0) is 11.2 Å². The number of hydrogen-bond acceptors (Lipinski definition) is 4. The topological polar surface area (TPSA) is 89.1 Å². The number of nitrogens with two attached hydrogens (primary N) is 1. The third-order valence-corrected chi connectivity index (χ3v) is 2.90. The highest BCUT2D eigenvalue weighted by Gasteiger charge is 2.02. The predicted molar refractivity (Wildman–Crippen MR) is 84.0 cm³/mol. The molecule has 1 aromatic carbocycles. The van der Waals surface area contributed by atoms with E-state index in [0.717, 1.165) is 25.0 Å². The van der Waals surface area contributed by atoms with Crippen LogP contribution in [0.4, 0.5) is 0 Å². The summed E-state index contributed by atoms with van der Waals surface area (Å²) in [6, 6.07) is 5.29. The molecule has 0 atom stereocenters. The highest BCUT2D eigenvalue weighted by atomic mass is 16.5. The SMILES string of the molecule is CCOCCCN=C(N)NCCc1ccc(O)c(OC)c1. The van der Waals surface area contributed by atoms with Crippen LogP contribution in [0.25, 0.3) is 0 Å². The molecule has 0 aliphatic heterocycles. The highest BCUT2D eigenvalue weighted by Crippen LogP contribution is 2.26. The standard InChI is InChI=1S/C15H25N3O3/c1-3-21-10-4-8-17-15(16)18-9-7-12-5-6-13(19)14(11-12)20-2/h5-6,11,19H,3-4,7-10H2,1-2H3,(H3,16,17,18). The third-order valence-electron chi connectivity index (χ3n) is 2.90. The van der Waals surface area contributed by atoms with Crippen molar-refractivity contribution < 1.29 is 14.6 Å². The lowest BCUT2D eigenvalue weighted by atomic mass is 10.1. The number of aliphatic imine (C=N–C) groups is 1. The van der Waals surface area contributed by atoms with E-state index in [1.165, 1.54) is 7.11 Å². The molecular weight excluding hydrogens is 270 g/mol. The van der Waals surface area contributed by atoms with Crippen molar-refractivity contribution >= 4 is 5.96 Å². The van der Waals surface area contributed by atoms with E-state index in [1.54, 1.807) is 6.07 Å². The second-order valence-corrected chi connectivity index (χ2v) is 4.50. The summed E-state index contributed by atoms with van der Waals surface area (Å²) in [6.45, 7) is 4.74. The van der Waals surface area contributed by atoms with Crippen LogP contribution in [-0.4, -0.2) is 44.5 Å². The molecule has 6 heteroatoms. The van der Waals surface area contributed by atoms with E-state index in [-0.39, 0.29) is 5.75 Å². The molecular formula is C15H25N3O3. The van der Waals surface area contributed by atoms with Crippen LogP contribution in [0.2, 0.25) is 0 Å². The average molecular weight is 295 g/mol. The van der Waals surface area contributed by atoms with E-state index in [2.05, 4.69) is 10.3 Å². The van der Waals surface area contributed by atoms with Crippen LogP contribution in [0.5, 0.6) is 11.5 Å². The van der Waals surface area contributed by atoms with Crippen molar-refractivity contribution in [2.45, 2.75) is 19.8 Å². The summed E-state index contributed by atoms with van der Waals surface area (Å²) in [5.74, 6) is 1.06. The number of nitrogens with one attached hydrogen (secondary N) is 1. The Hall–Kier alpha value is -1.95. The van der Waals surface area contributed by atoms with Crippen molar-refractivity contribution in [3.63, 3.8) is 0 Å². The molecule has 118 valence electrons. The van der Waals surface area contributed by atoms with Crippen LogP contribution >= 0.6 is 0 Å². The van der Waals surface area contributed by atoms with Gasteiger partial charge in [0.05, 0.1) is 7.11 Å². The van der Waals surface area contributed by atoms with Crippen molar-refractivity contribution in [2.75, 3.05) is 33.4 Å². The fourth-order valence-electron chi connectivity index (χ4n) is 1.78. The van der Waals surface area contributed by atoms with Gasteiger partial charge in [0.15, 0.2) is 17.5 Å². The lowest BCUT2D eigenvalue weighted by Gasteiger charge is -2.08. The third kappa shape index (κ3) is 6.85. The zero-order chi connectivity index (χ0) is 15.5. The Morgan fingerprint density at radius 1 is 1.43 bits per heavy atom. The number of rotatable bonds is 9. The van der Waals surface area contributed by atoms with E-state index in [9.17, 15) is 5.11 Å². The molecule has 0 amide bonds. The van der Waals surface area contributed by atoms with Gasteiger partial charge in [0.1, 0.15) is 0 Å². The summed E-state index contributed by atoms with van der Waals surface area (Å²) >= 11 is 0. The predicted octanol–water partition coefficient (Wildman–Crippen LogP) is 1.27. The number of hydrogen-bond donors (Lipinski definition) is 3. The second kappa shape index (κ2) is 9.88. The molecule has 21 heavy (non-hydrogen) atoms. The molecule has 0 saturated carbocycles. The lowest BCUT2D eigenvalue weighted by Crippen LogP contribution is -2.33. The van der Waals surface area contributed by atoms with Gasteiger partial charge in [0, 0.05) is 26.3 Å². The van der Waals surface area contributed by atoms with Gasteiger partial charge in [0.25, 0.3) is 0 Å². The molecule has 0 unspecified atom stereocenters. The number of phenolic OH excluding ortho intramolecular Hbond substituents is 1. The monoisotopic (exact) mass is 295 g/mol. The molecule has 0 radical (unpaired) electrons. The van der Waals surface area contributed by atoms with Gasteiger partial charge < -0.3 is 25.6 Å². The van der Waals surface area contributed by atoms with Crippen molar-refractivity contribution in [3.8, 4) is 11.5 Å². The zero-order valence-electron chi connectivity index (χ0n) is 12.8. The van der Waals surface area contributed by atoms with Gasteiger partial charge in [-0.15, -0.1) is 0 Å². The van der Waals surface area contributed by atoms with E-state index >= 15 is 0 Å². The van der Waals surface area contributed by atoms with E-state index in [0.29, 0.717) is 31.4 Å². The fourth-order valence-corrected chi connectivity index (χ4v) is 1.78. The number of guanidine groups is 1. The minimum atomic E-state index is 0.143. The maximum absolute atomic E-state index is 9.52. The molecule has 0 spiro atoms. The highest BCUT2D eigenvalue weighted by molar-refractivity contribution is 5.77. The van der Waals surface area contributed by atoms with Gasteiger partial charge >= 0.3 is 0 Å². The number of benzene rings is 1. The van der Waals surface area contributed by atoms with Crippen molar-refractivity contribution in [2.24, 2.45) is 10.7 Å². The Morgan fingerprint density at radius 3 is 2.95 bits per heavy atom. The van der Waals surface area contributed by atoms with Crippen LogP contribution in [0.15, 0.2) is 23.2 Å². The number of methoxy groups -OCH3 is 1. The van der Waals surface area contributed by atoms with Crippen molar-refractivity contribution in [1.82, 2.24) is 5.32 Å². The maximum atomic E-state index is 9.52. The second-order valence-electron chi connectivity index (χ2n) is 4.50. The van der Waals surface area contributed by atoms with Crippen LogP contribution in [0, 0.1) is 0 Å². The van der Waals surface area contributed by atoms with E-state index in [1.807, 2.05) is 19.1 Å². The molecule has 0 bridgehead atoms. The number of ether oxygens (including phenoxy) is 2. The molecule has 0 fully saturated rings. The van der Waals surface area contributed by atoms with Gasteiger partial charge in [-0.25, -0.2) is 0 Å². The lowest BCUT2D eigenvalue weighted by molar-refractivity contribution is 0.146. The van der Waals surface area contributed by atoms with Gasteiger partial charge in [-0.05, 0) is 37.5 Å². The first-order valence-corrected chi connectivity index (χ1v) is 7.14. The molecule has 0 aliphatic rings. The van der Waals surface area contributed by atoms with Crippen molar-refractivity contribution in [1.29, 1.82) is 0 Å². The van der Waals surface area contributed by atoms with Crippen LogP contribution in [0.1, 0.15) is 18.9 Å². The van der Waals surface area contributed by atoms with Gasteiger partial charge in [-0.2, -0.15) is 0 Å². The van der Waals surface area contributed by atoms with E-state index in [4.69, 9.17) is 15.2 Å². The smallest absolute Gasteiger partial charge is 0.188 e. The fraction of sp³-hybridized carbons (Fsp3) is 0.533. The molecule has 0 aliphatic carbocycles. The molecule has 4 N–H and O–H groups in total. The van der Waals surface area contributed by atoms with Crippen molar-refractivity contribution in [3.05, 3.63) is 23.8 Å². The average Bonchev–Trinajstić information content (AvgIpc) is 2.48. The number of phenols is 1. The summed E-state index contributed by atoms with van der Waals surface area (Å²) in [7, 11) is 1.53. The molecule has 6 nitrogen and oxygen atoms in total. The van der Waals surface area contributed by atoms with Gasteiger partial charge in [0.2, 0.25) is 0 Å². The summed E-state index contributed by atoms with van der Waals surface area (Å²) in [4.78, 5) is 4.21. The Kier molecular flexibility index (Phi) is 8.04. The summed E-state index contributed by atoms with van der Waals surface area (Å²) in [5, 5.41) is 12.6. The summed E-state index contributed by atoms with van der Waals surface area (Å²) in [6.07, 6.45) is 1.64. The van der Waals surface area contributed by atoms with Crippen LogP contribution < -0.4 is 15.8 Å². The number of aromatic hydroxyl groups is 1. The normalized spacial score (nSPS) is 11.4. The zero-order valence-corrected chi connectivity index (χ0v) is 12.8. The first-order chi connectivity index (χ1) is 10.2. The van der Waals surface area contributed by atoms with E-state index < -0.39 is 0 Å². The minimum Gasteiger partial charge on any atom is -0.504 e. The molecule has 1 aromatic rings. The molecule has 0 heterocycles. The van der Waals surface area contributed by atoms with Gasteiger partial charge in [-0.3, -0.25) is 4.99 Å². The van der Waals surface area contributed by atoms with Gasteiger partial charge in [-0.1, -0.05) is 6.07 Å². The molecule has 0 aromatic heterocycles. The first kappa shape index (κ1) is 17.1. The quantitative estimate of drug-likeness (QED) is 0.363. The maximum Gasteiger partial charge on any atom is 0.188 e. The molecule has 0 saturated heterocycles.